The van der Waals surface area contributed by atoms with Crippen molar-refractivity contribution in [1.82, 2.24) is 10.5 Å². The van der Waals surface area contributed by atoms with E-state index < -0.39 is 29.6 Å². The molecule has 0 bridgehead atoms. The van der Waals surface area contributed by atoms with Crippen LogP contribution in [0.3, 0.4) is 0 Å². The second-order valence-electron chi connectivity index (χ2n) is 8.26. The smallest absolute Gasteiger partial charge is 0.344 e. The predicted octanol–water partition coefficient (Wildman–Crippen LogP) is 5.21. The highest BCUT2D eigenvalue weighted by atomic mass is 35.5. The largest absolute Gasteiger partial charge is 0.454 e. The van der Waals surface area contributed by atoms with E-state index in [1.54, 1.807) is 12.1 Å². The van der Waals surface area contributed by atoms with Gasteiger partial charge in [-0.25, -0.2) is 9.18 Å². The number of nitrogens with one attached hydrogen (secondary N) is 1. The summed E-state index contributed by atoms with van der Waals surface area (Å²) in [6, 6.07) is 7.40. The molecule has 3 aromatic rings. The zero-order valence-corrected chi connectivity index (χ0v) is 20.0. The second kappa shape index (κ2) is 9.84. The lowest BCUT2D eigenvalue weighted by Crippen LogP contribution is -2.34. The fraction of sp³-hybridized carbons (Fsp3) is 0.304. The molecule has 174 valence electrons. The van der Waals surface area contributed by atoms with Crippen LogP contribution >= 0.6 is 22.9 Å². The summed E-state index contributed by atoms with van der Waals surface area (Å²) in [6.07, 6.45) is 0. The first kappa shape index (κ1) is 24.6. The van der Waals surface area contributed by atoms with Crippen LogP contribution in [0.25, 0.3) is 11.3 Å². The number of rotatable bonds is 7. The molecule has 2 aromatic heterocycles. The van der Waals surface area contributed by atoms with Gasteiger partial charge in [-0.2, -0.15) is 0 Å². The number of hydrogen-bond donors (Lipinski definition) is 1. The van der Waals surface area contributed by atoms with Gasteiger partial charge in [0, 0.05) is 10.3 Å². The molecule has 3 rings (SSSR count). The molecule has 10 heteroatoms. The number of hydrogen-bond acceptors (Lipinski definition) is 7. The van der Waals surface area contributed by atoms with Gasteiger partial charge in [-0.15, -0.1) is 11.3 Å². The maximum absolute atomic E-state index is 14.3. The number of aromatic nitrogens is 1. The van der Waals surface area contributed by atoms with Gasteiger partial charge >= 0.3 is 5.97 Å². The number of amides is 1. The summed E-state index contributed by atoms with van der Waals surface area (Å²) in [5.74, 6) is -1.97. The zero-order valence-electron chi connectivity index (χ0n) is 18.5. The lowest BCUT2D eigenvalue weighted by Gasteiger charge is -2.17. The molecule has 0 unspecified atom stereocenters. The van der Waals surface area contributed by atoms with Crippen molar-refractivity contribution < 1.29 is 28.0 Å². The van der Waals surface area contributed by atoms with Crippen molar-refractivity contribution >= 4 is 40.6 Å². The number of nitrogens with zero attached hydrogens (tertiary/aromatic N) is 1. The molecule has 2 heterocycles. The Balaban J connectivity index is 1.67. The number of carbonyl (C=O) groups excluding carboxylic acids is 3. The monoisotopic (exact) mass is 492 g/mol. The summed E-state index contributed by atoms with van der Waals surface area (Å²) in [4.78, 5) is 38.3. The summed E-state index contributed by atoms with van der Waals surface area (Å²) < 4.78 is 24.5. The SMILES string of the molecule is Cc1onc(-c2c(F)cccc2Cl)c1C(=O)OCC(=O)c1ccc(CNC(=O)C(C)(C)C)s1. The Hall–Kier alpha value is -3.04. The number of halogens is 2. The molecular weight excluding hydrogens is 471 g/mol. The van der Waals surface area contributed by atoms with E-state index in [4.69, 9.17) is 20.9 Å². The van der Waals surface area contributed by atoms with Gasteiger partial charge in [0.15, 0.2) is 6.61 Å². The number of esters is 1. The van der Waals surface area contributed by atoms with Gasteiger partial charge in [-0.1, -0.05) is 43.6 Å². The van der Waals surface area contributed by atoms with Crippen LogP contribution in [-0.4, -0.2) is 29.4 Å². The minimum Gasteiger partial charge on any atom is -0.454 e. The van der Waals surface area contributed by atoms with E-state index >= 15 is 0 Å². The fourth-order valence-corrected chi connectivity index (χ4v) is 3.96. The van der Waals surface area contributed by atoms with Gasteiger partial charge in [0.2, 0.25) is 11.7 Å². The van der Waals surface area contributed by atoms with Crippen molar-refractivity contribution in [2.24, 2.45) is 5.41 Å². The summed E-state index contributed by atoms with van der Waals surface area (Å²) >= 11 is 7.27. The van der Waals surface area contributed by atoms with Crippen LogP contribution in [0.2, 0.25) is 5.02 Å². The van der Waals surface area contributed by atoms with Gasteiger partial charge in [0.1, 0.15) is 22.8 Å². The van der Waals surface area contributed by atoms with Crippen molar-refractivity contribution in [3.63, 3.8) is 0 Å². The number of aryl methyl sites for hydroxylation is 1. The van der Waals surface area contributed by atoms with Crippen LogP contribution in [0.15, 0.2) is 34.9 Å². The predicted molar refractivity (Wildman–Crippen MR) is 122 cm³/mol. The topological polar surface area (TPSA) is 98.5 Å². The number of ketones is 1. The highest BCUT2D eigenvalue weighted by molar-refractivity contribution is 7.14. The Labute approximate surface area is 198 Å². The molecule has 0 radical (unpaired) electrons. The van der Waals surface area contributed by atoms with E-state index in [0.717, 1.165) is 4.88 Å². The highest BCUT2D eigenvalue weighted by Gasteiger charge is 2.27. The standard InChI is InChI=1S/C23H22ClFN2O5S/c1-12-18(20(27-32-12)19-14(24)6-5-7-15(19)25)21(29)31-11-16(28)17-9-8-13(33-17)10-26-22(30)23(2,3)4/h5-9H,10-11H2,1-4H3,(H,26,30). The second-order valence-corrected chi connectivity index (χ2v) is 9.83. The molecule has 0 saturated heterocycles. The third-order valence-electron chi connectivity index (χ3n) is 4.64. The van der Waals surface area contributed by atoms with E-state index in [0.29, 0.717) is 11.4 Å². The first-order valence-corrected chi connectivity index (χ1v) is 11.2. The Morgan fingerprint density at radius 1 is 1.21 bits per heavy atom. The molecule has 0 spiro atoms. The van der Waals surface area contributed by atoms with E-state index in [9.17, 15) is 18.8 Å². The maximum atomic E-state index is 14.3. The lowest BCUT2D eigenvalue weighted by molar-refractivity contribution is -0.128. The first-order valence-electron chi connectivity index (χ1n) is 9.97. The third-order valence-corrected chi connectivity index (χ3v) is 6.08. The number of carbonyl (C=O) groups is 3. The molecule has 0 aliphatic rings. The number of benzene rings is 1. The van der Waals surface area contributed by atoms with Crippen LogP contribution in [-0.2, 0) is 16.1 Å². The van der Waals surface area contributed by atoms with Crippen LogP contribution < -0.4 is 5.32 Å². The molecular formula is C23H22ClFN2O5S. The fourth-order valence-electron chi connectivity index (χ4n) is 2.84. The Bertz CT molecular complexity index is 1190. The summed E-state index contributed by atoms with van der Waals surface area (Å²) in [5.41, 5.74) is -0.808. The first-order chi connectivity index (χ1) is 15.5. The molecule has 1 amide bonds. The van der Waals surface area contributed by atoms with Crippen LogP contribution in [0.5, 0.6) is 0 Å². The van der Waals surface area contributed by atoms with Gasteiger partial charge in [0.05, 0.1) is 22.0 Å². The molecule has 0 saturated carbocycles. The number of ether oxygens (including phenoxy) is 1. The molecule has 7 nitrogen and oxygen atoms in total. The Kier molecular flexibility index (Phi) is 7.34. The van der Waals surface area contributed by atoms with Gasteiger partial charge < -0.3 is 14.6 Å². The maximum Gasteiger partial charge on any atom is 0.344 e. The average molecular weight is 493 g/mol. The van der Waals surface area contributed by atoms with Crippen LogP contribution in [0, 0.1) is 18.2 Å². The van der Waals surface area contributed by atoms with Crippen LogP contribution in [0.1, 0.15) is 51.4 Å². The molecule has 33 heavy (non-hydrogen) atoms. The average Bonchev–Trinajstić information content (AvgIpc) is 3.36. The van der Waals surface area contributed by atoms with E-state index in [1.807, 2.05) is 20.8 Å². The summed E-state index contributed by atoms with van der Waals surface area (Å²) in [7, 11) is 0. The van der Waals surface area contributed by atoms with Crippen molar-refractivity contribution in [2.75, 3.05) is 6.61 Å². The lowest BCUT2D eigenvalue weighted by atomic mass is 9.96. The normalized spacial score (nSPS) is 11.3. The van der Waals surface area contributed by atoms with E-state index in [1.165, 1.54) is 36.5 Å². The van der Waals surface area contributed by atoms with Crippen LogP contribution in [0.4, 0.5) is 4.39 Å². The molecule has 0 fully saturated rings. The van der Waals surface area contributed by atoms with Crippen molar-refractivity contribution in [1.29, 1.82) is 0 Å². The third kappa shape index (κ3) is 5.66. The van der Waals surface area contributed by atoms with Crippen molar-refractivity contribution in [3.8, 4) is 11.3 Å². The summed E-state index contributed by atoms with van der Waals surface area (Å²) in [5, 5.41) is 6.62. The molecule has 1 aromatic carbocycles. The molecule has 1 N–H and O–H groups in total. The summed E-state index contributed by atoms with van der Waals surface area (Å²) in [6.45, 7) is 6.67. The molecule has 0 aliphatic carbocycles. The van der Waals surface area contributed by atoms with E-state index in [-0.39, 0.29) is 33.5 Å². The minimum absolute atomic E-state index is 0.0538. The van der Waals surface area contributed by atoms with E-state index in [2.05, 4.69) is 10.5 Å². The number of thiophene rings is 1. The van der Waals surface area contributed by atoms with Crippen molar-refractivity contribution in [3.05, 3.63) is 62.2 Å². The van der Waals surface area contributed by atoms with Gasteiger partial charge in [-0.3, -0.25) is 9.59 Å². The van der Waals surface area contributed by atoms with Gasteiger partial charge in [0.25, 0.3) is 0 Å². The Morgan fingerprint density at radius 3 is 2.61 bits per heavy atom. The minimum atomic E-state index is -0.884. The quantitative estimate of drug-likeness (QED) is 0.359. The highest BCUT2D eigenvalue weighted by Crippen LogP contribution is 2.33. The number of Topliss-reactive ketones (excluding diaryl/α,β-unsaturated/α-hetero) is 1. The van der Waals surface area contributed by atoms with Crippen molar-refractivity contribution in [2.45, 2.75) is 34.2 Å². The molecule has 0 atom stereocenters. The Morgan fingerprint density at radius 2 is 1.94 bits per heavy atom. The molecule has 0 aliphatic heterocycles. The van der Waals surface area contributed by atoms with Gasteiger partial charge in [-0.05, 0) is 31.2 Å². The zero-order chi connectivity index (χ0) is 24.3.